The van der Waals surface area contributed by atoms with Crippen LogP contribution in [-0.4, -0.2) is 0 Å². The van der Waals surface area contributed by atoms with Crippen LogP contribution >= 0.6 is 0 Å². The van der Waals surface area contributed by atoms with Crippen molar-refractivity contribution >= 4 is 0 Å². The fourth-order valence-corrected chi connectivity index (χ4v) is 19.9. The van der Waals surface area contributed by atoms with Gasteiger partial charge in [0.25, 0.3) is 0 Å². The Hall–Kier alpha value is 0. The molecule has 13 aliphatic rings. The highest BCUT2D eigenvalue weighted by Crippen LogP contribution is 3.37. The quantitative estimate of drug-likeness (QED) is 0.643. The first kappa shape index (κ1) is 9.09. The van der Waals surface area contributed by atoms with E-state index in [4.69, 9.17) is 0 Å². The standard InChI is InChI=1S/C23H22/c1-17-19-8-4-11(19)13-7-2-6-3-10-14-15-12-5-9(8)20(12,19)22(15,17)23(14)18(6,10)16(7)21(13,17)23/h6-16H,2-5H2,1H3. The summed E-state index contributed by atoms with van der Waals surface area (Å²) in [4.78, 5) is 0. The lowest BCUT2D eigenvalue weighted by atomic mass is 8.74. The Balaban J connectivity index is 1.34. The van der Waals surface area contributed by atoms with Crippen molar-refractivity contribution in [2.75, 3.05) is 0 Å². The minimum atomic E-state index is 0.946. The molecule has 0 saturated heterocycles. The largest absolute Gasteiger partial charge is 0.0579 e. The van der Waals surface area contributed by atoms with Gasteiger partial charge >= 0.3 is 0 Å². The number of hydrogen-bond acceptors (Lipinski definition) is 0. The van der Waals surface area contributed by atoms with E-state index in [0.717, 1.165) is 37.9 Å². The zero-order valence-corrected chi connectivity index (χ0v) is 13.7. The highest BCUT2D eigenvalue weighted by Gasteiger charge is 3.34. The van der Waals surface area contributed by atoms with E-state index in [0.29, 0.717) is 0 Å². The summed E-state index contributed by atoms with van der Waals surface area (Å²) < 4.78 is 0. The Morgan fingerprint density at radius 3 is 2.35 bits per heavy atom. The molecule has 0 heteroatoms. The van der Waals surface area contributed by atoms with E-state index in [1.165, 1.54) is 65.1 Å². The van der Waals surface area contributed by atoms with E-state index in [1.54, 1.807) is 25.7 Å². The molecule has 0 N–H and O–H groups in total. The van der Waals surface area contributed by atoms with Crippen LogP contribution in [0.3, 0.4) is 0 Å². The average Bonchev–Trinajstić information content (AvgIpc) is 2.74. The van der Waals surface area contributed by atoms with Gasteiger partial charge in [-0.25, -0.2) is 0 Å². The Labute approximate surface area is 136 Å². The van der Waals surface area contributed by atoms with Gasteiger partial charge in [0.1, 0.15) is 0 Å². The minimum absolute atomic E-state index is 0.946. The lowest BCUT2D eigenvalue weighted by molar-refractivity contribution is -0.836. The van der Waals surface area contributed by atoms with Gasteiger partial charge in [0, 0.05) is 0 Å². The van der Waals surface area contributed by atoms with Gasteiger partial charge in [0.2, 0.25) is 0 Å². The van der Waals surface area contributed by atoms with Crippen LogP contribution in [0.25, 0.3) is 0 Å². The zero-order chi connectivity index (χ0) is 13.7. The van der Waals surface area contributed by atoms with Crippen molar-refractivity contribution < 1.29 is 0 Å². The fourth-order valence-electron chi connectivity index (χ4n) is 19.9. The summed E-state index contributed by atoms with van der Waals surface area (Å²) in [6.45, 7) is 2.97. The maximum Gasteiger partial charge on any atom is -0.00597 e. The first-order chi connectivity index (χ1) is 11.3. The average molecular weight is 298 g/mol. The molecule has 114 valence electrons. The molecule has 23 heavy (non-hydrogen) atoms. The molecule has 13 fully saturated rings. The molecule has 0 radical (unpaired) electrons. The Kier molecular flexibility index (Phi) is 0.614. The van der Waals surface area contributed by atoms with Gasteiger partial charge < -0.3 is 0 Å². The van der Waals surface area contributed by atoms with Crippen molar-refractivity contribution in [3.8, 4) is 0 Å². The summed E-state index contributed by atoms with van der Waals surface area (Å²) in [5.41, 5.74) is 7.18. The summed E-state index contributed by atoms with van der Waals surface area (Å²) in [6.07, 6.45) is 6.96. The first-order valence-corrected chi connectivity index (χ1v) is 11.3. The van der Waals surface area contributed by atoms with E-state index in [2.05, 4.69) is 6.92 Å². The molecule has 13 saturated carbocycles. The minimum Gasteiger partial charge on any atom is -0.0579 e. The highest BCUT2D eigenvalue weighted by atomic mass is 15.4. The van der Waals surface area contributed by atoms with Crippen LogP contribution in [0.2, 0.25) is 0 Å². The van der Waals surface area contributed by atoms with Crippen molar-refractivity contribution in [1.29, 1.82) is 0 Å². The van der Waals surface area contributed by atoms with Crippen LogP contribution in [-0.2, 0) is 0 Å². The zero-order valence-electron chi connectivity index (χ0n) is 13.7. The topological polar surface area (TPSA) is 0 Å². The molecule has 0 aliphatic heterocycles. The summed E-state index contributed by atoms with van der Waals surface area (Å²) in [7, 11) is 0. The molecule has 18 unspecified atom stereocenters. The summed E-state index contributed by atoms with van der Waals surface area (Å²) in [5.74, 6) is 14.3. The van der Waals surface area contributed by atoms with E-state index in [-0.39, 0.29) is 0 Å². The molecule has 13 rings (SSSR count). The monoisotopic (exact) mass is 298 g/mol. The Morgan fingerprint density at radius 2 is 1.43 bits per heavy atom. The molecule has 0 heterocycles. The van der Waals surface area contributed by atoms with E-state index < -0.39 is 0 Å². The molecule has 0 amide bonds. The molecule has 18 atom stereocenters. The van der Waals surface area contributed by atoms with Crippen LogP contribution in [0.1, 0.15) is 32.6 Å². The molecule has 0 aromatic rings. The fraction of sp³-hybridized carbons (Fsp3) is 1.00. The third kappa shape index (κ3) is 0.266. The van der Waals surface area contributed by atoms with Gasteiger partial charge in [0.05, 0.1) is 0 Å². The predicted octanol–water partition coefficient (Wildman–Crippen LogP) is 3.43. The molecular formula is C23H22. The van der Waals surface area contributed by atoms with E-state index in [9.17, 15) is 0 Å². The van der Waals surface area contributed by atoms with Crippen LogP contribution in [0.5, 0.6) is 0 Å². The second-order valence-electron chi connectivity index (χ2n) is 13.7. The van der Waals surface area contributed by atoms with Gasteiger partial charge in [-0.15, -0.1) is 0 Å². The van der Waals surface area contributed by atoms with E-state index >= 15 is 0 Å². The maximum absolute atomic E-state index is 2.97. The third-order valence-electron chi connectivity index (χ3n) is 17.1. The van der Waals surface area contributed by atoms with Crippen LogP contribution in [0.15, 0.2) is 0 Å². The van der Waals surface area contributed by atoms with Crippen molar-refractivity contribution in [3.63, 3.8) is 0 Å². The maximum atomic E-state index is 2.97. The SMILES string of the molecule is CC12C34C5CC3C3CC6C7C8C9CC%10CC%11C5C15C%11C%109C85C72C364. The van der Waals surface area contributed by atoms with Crippen molar-refractivity contribution in [2.24, 2.45) is 103 Å². The van der Waals surface area contributed by atoms with Crippen molar-refractivity contribution in [1.82, 2.24) is 0 Å². The molecule has 0 bridgehead atoms. The number of fused-ring (bicyclic) bond motifs is 6. The Morgan fingerprint density at radius 1 is 0.652 bits per heavy atom. The molecule has 13 aliphatic carbocycles. The third-order valence-corrected chi connectivity index (χ3v) is 17.1. The van der Waals surface area contributed by atoms with Gasteiger partial charge in [-0.2, -0.15) is 0 Å². The normalized spacial score (nSPS) is 114. The van der Waals surface area contributed by atoms with Gasteiger partial charge in [-0.1, -0.05) is 6.92 Å². The summed E-state index contributed by atoms with van der Waals surface area (Å²) >= 11 is 0. The molecule has 6 spiro atoms. The molecular weight excluding hydrogens is 276 g/mol. The van der Waals surface area contributed by atoms with Gasteiger partial charge in [-0.05, 0) is 129 Å². The van der Waals surface area contributed by atoms with Crippen LogP contribution in [0, 0.1) is 103 Å². The van der Waals surface area contributed by atoms with Crippen LogP contribution < -0.4 is 0 Å². The predicted molar refractivity (Wildman–Crippen MR) is 79.6 cm³/mol. The summed E-state index contributed by atoms with van der Waals surface area (Å²) in [5, 5.41) is 0. The summed E-state index contributed by atoms with van der Waals surface area (Å²) in [6, 6.07) is 0. The lowest BCUT2D eigenvalue weighted by Crippen LogP contribution is -3.27. The van der Waals surface area contributed by atoms with E-state index in [1.807, 2.05) is 0 Å². The molecule has 0 aromatic heterocycles. The van der Waals surface area contributed by atoms with Crippen molar-refractivity contribution in [3.05, 3.63) is 0 Å². The second-order valence-corrected chi connectivity index (χ2v) is 13.7. The van der Waals surface area contributed by atoms with Crippen LogP contribution in [0.4, 0.5) is 0 Å². The smallest absolute Gasteiger partial charge is 0.00597 e. The molecule has 0 nitrogen and oxygen atoms in total. The molecule has 0 aromatic carbocycles. The highest BCUT2D eigenvalue weighted by molar-refractivity contribution is 5.80. The lowest BCUT2D eigenvalue weighted by Gasteiger charge is -3.29. The van der Waals surface area contributed by atoms with Gasteiger partial charge in [0.15, 0.2) is 0 Å². The number of hydrogen-bond donors (Lipinski definition) is 0. The van der Waals surface area contributed by atoms with Gasteiger partial charge in [-0.3, -0.25) is 0 Å². The number of rotatable bonds is 0. The Bertz CT molecular complexity index is 996. The van der Waals surface area contributed by atoms with Crippen molar-refractivity contribution in [2.45, 2.75) is 32.6 Å². The first-order valence-electron chi connectivity index (χ1n) is 11.3. The second kappa shape index (κ2) is 1.55.